The predicted octanol–water partition coefficient (Wildman–Crippen LogP) is 5.45. The Morgan fingerprint density at radius 1 is 0.833 bits per heavy atom. The number of benzene rings is 3. The zero-order valence-electron chi connectivity index (χ0n) is 13.9. The van der Waals surface area contributed by atoms with Crippen LogP contribution in [0.3, 0.4) is 0 Å². The highest BCUT2D eigenvalue weighted by Gasteiger charge is 2.08. The summed E-state index contributed by atoms with van der Waals surface area (Å²) in [5, 5.41) is 10.3. The maximum absolute atomic E-state index is 10.3. The molecule has 0 heterocycles. The van der Waals surface area contributed by atoms with E-state index in [2.05, 4.69) is 6.07 Å². The second-order valence-electron chi connectivity index (χ2n) is 6.03. The first-order chi connectivity index (χ1) is 11.7. The third-order valence-electron chi connectivity index (χ3n) is 4.05. The molecule has 0 fully saturated rings. The molecule has 24 heavy (non-hydrogen) atoms. The fourth-order valence-corrected chi connectivity index (χ4v) is 2.65. The average molecular weight is 318 g/mol. The van der Waals surface area contributed by atoms with Crippen LogP contribution in [0.4, 0.5) is 0 Å². The van der Waals surface area contributed by atoms with Gasteiger partial charge in [0.2, 0.25) is 0 Å². The first-order valence-corrected chi connectivity index (χ1v) is 8.27. The molecule has 0 aliphatic heterocycles. The number of aliphatic hydroxyl groups is 1. The van der Waals surface area contributed by atoms with Crippen LogP contribution in [-0.2, 0) is 6.42 Å². The molecule has 0 amide bonds. The lowest BCUT2D eigenvalue weighted by atomic mass is 10.0. The van der Waals surface area contributed by atoms with E-state index in [1.807, 2.05) is 79.7 Å². The van der Waals surface area contributed by atoms with Crippen LogP contribution in [0.5, 0.6) is 11.5 Å². The molecule has 2 nitrogen and oxygen atoms in total. The monoisotopic (exact) mass is 318 g/mol. The van der Waals surface area contributed by atoms with Crippen LogP contribution in [0, 0.1) is 6.92 Å². The predicted molar refractivity (Wildman–Crippen MR) is 97.4 cm³/mol. The standard InChI is InChI=1S/C22H22O2/c1-17-10-13-19(14-11-17)22(23)15-12-18-6-5-9-21(16-18)24-20-7-3-2-4-8-20/h2-11,13-14,16,22-23H,12,15H2,1H3. The van der Waals surface area contributed by atoms with E-state index in [1.165, 1.54) is 5.56 Å². The molecule has 3 aromatic carbocycles. The van der Waals surface area contributed by atoms with Gasteiger partial charge in [0.1, 0.15) is 11.5 Å². The lowest BCUT2D eigenvalue weighted by Gasteiger charge is -2.12. The largest absolute Gasteiger partial charge is 0.457 e. The topological polar surface area (TPSA) is 29.5 Å². The summed E-state index contributed by atoms with van der Waals surface area (Å²) in [6.45, 7) is 2.05. The van der Waals surface area contributed by atoms with Crippen molar-refractivity contribution >= 4 is 0 Å². The molecule has 1 unspecified atom stereocenters. The van der Waals surface area contributed by atoms with Gasteiger partial charge in [0.25, 0.3) is 0 Å². The SMILES string of the molecule is Cc1ccc(C(O)CCc2cccc(Oc3ccccc3)c2)cc1. The molecule has 3 rings (SSSR count). The average Bonchev–Trinajstić information content (AvgIpc) is 2.61. The quantitative estimate of drug-likeness (QED) is 0.654. The number of aryl methyl sites for hydroxylation is 2. The molecule has 122 valence electrons. The minimum atomic E-state index is -0.440. The summed E-state index contributed by atoms with van der Waals surface area (Å²) in [4.78, 5) is 0. The van der Waals surface area contributed by atoms with Crippen LogP contribution in [0.2, 0.25) is 0 Å². The summed E-state index contributed by atoms with van der Waals surface area (Å²) in [6.07, 6.45) is 1.06. The molecular weight excluding hydrogens is 296 g/mol. The van der Waals surface area contributed by atoms with E-state index < -0.39 is 6.10 Å². The van der Waals surface area contributed by atoms with E-state index in [0.717, 1.165) is 29.0 Å². The molecule has 0 bridgehead atoms. The Bertz CT molecular complexity index is 763. The smallest absolute Gasteiger partial charge is 0.127 e. The van der Waals surface area contributed by atoms with Crippen molar-refractivity contribution < 1.29 is 9.84 Å². The first kappa shape index (κ1) is 16.3. The normalized spacial score (nSPS) is 11.9. The van der Waals surface area contributed by atoms with E-state index in [1.54, 1.807) is 0 Å². The molecule has 2 heteroatoms. The highest BCUT2D eigenvalue weighted by molar-refractivity contribution is 5.34. The maximum Gasteiger partial charge on any atom is 0.127 e. The lowest BCUT2D eigenvalue weighted by Crippen LogP contribution is -2.00. The number of para-hydroxylation sites is 1. The Morgan fingerprint density at radius 3 is 2.29 bits per heavy atom. The van der Waals surface area contributed by atoms with Gasteiger partial charge in [0.15, 0.2) is 0 Å². The first-order valence-electron chi connectivity index (χ1n) is 8.27. The van der Waals surface area contributed by atoms with E-state index in [-0.39, 0.29) is 0 Å². The minimum Gasteiger partial charge on any atom is -0.457 e. The highest BCUT2D eigenvalue weighted by atomic mass is 16.5. The zero-order chi connectivity index (χ0) is 16.8. The van der Waals surface area contributed by atoms with Gasteiger partial charge in [-0.1, -0.05) is 60.2 Å². The number of aliphatic hydroxyl groups excluding tert-OH is 1. The van der Waals surface area contributed by atoms with Crippen molar-refractivity contribution in [2.75, 3.05) is 0 Å². The molecule has 1 N–H and O–H groups in total. The zero-order valence-corrected chi connectivity index (χ0v) is 13.9. The summed E-state index contributed by atoms with van der Waals surface area (Å²) in [5.74, 6) is 1.65. The Morgan fingerprint density at radius 2 is 1.54 bits per heavy atom. The van der Waals surface area contributed by atoms with Gasteiger partial charge < -0.3 is 9.84 Å². The van der Waals surface area contributed by atoms with Gasteiger partial charge in [0, 0.05) is 0 Å². The number of ether oxygens (including phenoxy) is 1. The molecular formula is C22H22O2. The van der Waals surface area contributed by atoms with Gasteiger partial charge in [-0.25, -0.2) is 0 Å². The summed E-state index contributed by atoms with van der Waals surface area (Å²) < 4.78 is 5.86. The molecule has 0 aromatic heterocycles. The van der Waals surface area contributed by atoms with Gasteiger partial charge in [-0.05, 0) is 55.2 Å². The van der Waals surface area contributed by atoms with Crippen molar-refractivity contribution in [1.82, 2.24) is 0 Å². The van der Waals surface area contributed by atoms with Crippen LogP contribution < -0.4 is 4.74 Å². The summed E-state index contributed by atoms with van der Waals surface area (Å²) in [7, 11) is 0. The van der Waals surface area contributed by atoms with Gasteiger partial charge in [-0.3, -0.25) is 0 Å². The van der Waals surface area contributed by atoms with Gasteiger partial charge in [-0.2, -0.15) is 0 Å². The fraction of sp³-hybridized carbons (Fsp3) is 0.182. The molecule has 0 aliphatic carbocycles. The van der Waals surface area contributed by atoms with Crippen LogP contribution in [0.15, 0.2) is 78.9 Å². The summed E-state index contributed by atoms with van der Waals surface area (Å²) >= 11 is 0. The lowest BCUT2D eigenvalue weighted by molar-refractivity contribution is 0.168. The molecule has 0 saturated heterocycles. The number of hydrogen-bond acceptors (Lipinski definition) is 2. The van der Waals surface area contributed by atoms with E-state index >= 15 is 0 Å². The highest BCUT2D eigenvalue weighted by Crippen LogP contribution is 2.24. The molecule has 0 saturated carbocycles. The van der Waals surface area contributed by atoms with Crippen molar-refractivity contribution in [2.24, 2.45) is 0 Å². The Balaban J connectivity index is 1.61. The summed E-state index contributed by atoms with van der Waals surface area (Å²) in [6, 6.07) is 25.9. The molecule has 1 atom stereocenters. The number of rotatable bonds is 6. The minimum absolute atomic E-state index is 0.440. The van der Waals surface area contributed by atoms with Gasteiger partial charge in [-0.15, -0.1) is 0 Å². The second-order valence-corrected chi connectivity index (χ2v) is 6.03. The van der Waals surface area contributed by atoms with E-state index in [0.29, 0.717) is 6.42 Å². The fourth-order valence-electron chi connectivity index (χ4n) is 2.65. The van der Waals surface area contributed by atoms with E-state index in [9.17, 15) is 5.11 Å². The van der Waals surface area contributed by atoms with Gasteiger partial charge in [0.05, 0.1) is 6.10 Å². The van der Waals surface area contributed by atoms with Crippen LogP contribution >= 0.6 is 0 Å². The number of hydrogen-bond donors (Lipinski definition) is 1. The molecule has 3 aromatic rings. The Labute approximate surface area is 143 Å². The summed E-state index contributed by atoms with van der Waals surface area (Å²) in [5.41, 5.74) is 3.34. The third kappa shape index (κ3) is 4.46. The van der Waals surface area contributed by atoms with Gasteiger partial charge >= 0.3 is 0 Å². The van der Waals surface area contributed by atoms with Crippen molar-refractivity contribution in [1.29, 1.82) is 0 Å². The van der Waals surface area contributed by atoms with Crippen LogP contribution in [-0.4, -0.2) is 5.11 Å². The van der Waals surface area contributed by atoms with Crippen LogP contribution in [0.25, 0.3) is 0 Å². The van der Waals surface area contributed by atoms with Crippen molar-refractivity contribution in [3.05, 3.63) is 95.6 Å². The van der Waals surface area contributed by atoms with E-state index in [4.69, 9.17) is 4.74 Å². The Kier molecular flexibility index (Phi) is 5.29. The van der Waals surface area contributed by atoms with Crippen LogP contribution in [0.1, 0.15) is 29.2 Å². The van der Waals surface area contributed by atoms with Crippen molar-refractivity contribution in [3.63, 3.8) is 0 Å². The maximum atomic E-state index is 10.3. The van der Waals surface area contributed by atoms with Crippen molar-refractivity contribution in [3.8, 4) is 11.5 Å². The second kappa shape index (κ2) is 7.80. The third-order valence-corrected chi connectivity index (χ3v) is 4.05. The molecule has 0 spiro atoms. The molecule has 0 aliphatic rings. The molecule has 0 radical (unpaired) electrons. The Hall–Kier alpha value is -2.58. The van der Waals surface area contributed by atoms with Crippen molar-refractivity contribution in [2.45, 2.75) is 25.9 Å².